The van der Waals surface area contributed by atoms with E-state index in [-0.39, 0.29) is 23.3 Å². The van der Waals surface area contributed by atoms with Crippen LogP contribution in [0.3, 0.4) is 0 Å². The number of benzene rings is 1. The first-order valence-electron chi connectivity index (χ1n) is 11.2. The maximum atomic E-state index is 13.3. The molecule has 2 spiro atoms. The fourth-order valence-electron chi connectivity index (χ4n) is 5.87. The smallest absolute Gasteiger partial charge is 0.319 e. The average Bonchev–Trinajstić information content (AvgIpc) is 3.22. The second-order valence-corrected chi connectivity index (χ2v) is 9.92. The number of fused-ring (bicyclic) bond motifs is 1. The lowest BCUT2D eigenvalue weighted by Gasteiger charge is -2.46. The molecule has 0 aromatic heterocycles. The highest BCUT2D eigenvalue weighted by atomic mass is 16.2. The van der Waals surface area contributed by atoms with Gasteiger partial charge in [0.25, 0.3) is 0 Å². The van der Waals surface area contributed by atoms with Crippen molar-refractivity contribution in [2.75, 3.05) is 53.9 Å². The predicted octanol–water partition coefficient (Wildman–Crippen LogP) is 1.99. The molecule has 168 valence electrons. The van der Waals surface area contributed by atoms with Crippen molar-refractivity contribution in [3.05, 3.63) is 35.4 Å². The first-order valence-corrected chi connectivity index (χ1v) is 11.2. The van der Waals surface area contributed by atoms with Crippen molar-refractivity contribution in [1.29, 1.82) is 0 Å². The lowest BCUT2D eigenvalue weighted by Crippen LogP contribution is -2.53. The number of hydrogen-bond donors (Lipinski definition) is 0. The van der Waals surface area contributed by atoms with Gasteiger partial charge in [-0.1, -0.05) is 29.8 Å². The highest BCUT2D eigenvalue weighted by Gasteiger charge is 2.65. The number of carbonyl (C=O) groups is 3. The van der Waals surface area contributed by atoms with Crippen molar-refractivity contribution >= 4 is 17.8 Å². The van der Waals surface area contributed by atoms with Crippen molar-refractivity contribution in [3.8, 4) is 0 Å². The highest BCUT2D eigenvalue weighted by Crippen LogP contribution is 2.57. The van der Waals surface area contributed by atoms with Gasteiger partial charge in [-0.05, 0) is 31.7 Å². The zero-order chi connectivity index (χ0) is 22.4. The SMILES string of the molecule is Cc1ccc(CC(=O)N2CCC3(CC2)CN(C(=O)N(C)C)C[C@]32CCN(C)C2=O)cc1. The lowest BCUT2D eigenvalue weighted by molar-refractivity contribution is -0.143. The molecule has 4 amide bonds. The van der Waals surface area contributed by atoms with Gasteiger partial charge in [-0.15, -0.1) is 0 Å². The van der Waals surface area contributed by atoms with E-state index < -0.39 is 5.41 Å². The van der Waals surface area contributed by atoms with Gasteiger partial charge in [-0.2, -0.15) is 0 Å². The quantitative estimate of drug-likeness (QED) is 0.727. The minimum absolute atomic E-state index is 0.0310. The molecule has 7 heteroatoms. The molecule has 0 saturated carbocycles. The second kappa shape index (κ2) is 7.84. The fourth-order valence-corrected chi connectivity index (χ4v) is 5.87. The maximum Gasteiger partial charge on any atom is 0.319 e. The molecule has 0 unspecified atom stereocenters. The highest BCUT2D eigenvalue weighted by molar-refractivity contribution is 5.88. The Bertz CT molecular complexity index is 873. The average molecular weight is 427 g/mol. The Morgan fingerprint density at radius 2 is 1.61 bits per heavy atom. The van der Waals surface area contributed by atoms with Gasteiger partial charge in [0.05, 0.1) is 11.8 Å². The Hall–Kier alpha value is -2.57. The third kappa shape index (κ3) is 3.58. The van der Waals surface area contributed by atoms with Crippen LogP contribution in [-0.4, -0.2) is 91.3 Å². The molecular formula is C24H34N4O3. The Kier molecular flexibility index (Phi) is 5.48. The third-order valence-electron chi connectivity index (χ3n) is 7.80. The van der Waals surface area contributed by atoms with Crippen LogP contribution in [-0.2, 0) is 16.0 Å². The second-order valence-electron chi connectivity index (χ2n) is 9.92. The Morgan fingerprint density at radius 3 is 2.16 bits per heavy atom. The molecule has 3 saturated heterocycles. The summed E-state index contributed by atoms with van der Waals surface area (Å²) in [4.78, 5) is 46.2. The molecule has 4 rings (SSSR count). The van der Waals surface area contributed by atoms with Crippen LogP contribution in [0.25, 0.3) is 0 Å². The van der Waals surface area contributed by atoms with Crippen molar-refractivity contribution in [1.82, 2.24) is 19.6 Å². The summed E-state index contributed by atoms with van der Waals surface area (Å²) in [6, 6.07) is 8.07. The van der Waals surface area contributed by atoms with Gasteiger partial charge in [0.15, 0.2) is 0 Å². The first-order chi connectivity index (χ1) is 14.7. The fraction of sp³-hybridized carbons (Fsp3) is 0.625. The molecule has 0 bridgehead atoms. The topological polar surface area (TPSA) is 64.2 Å². The van der Waals surface area contributed by atoms with Crippen molar-refractivity contribution < 1.29 is 14.4 Å². The molecule has 1 atom stereocenters. The largest absolute Gasteiger partial charge is 0.345 e. The molecule has 0 N–H and O–H groups in total. The number of piperidine rings is 1. The summed E-state index contributed by atoms with van der Waals surface area (Å²) < 4.78 is 0. The summed E-state index contributed by atoms with van der Waals surface area (Å²) in [5.74, 6) is 0.308. The Morgan fingerprint density at radius 1 is 0.968 bits per heavy atom. The van der Waals surface area contributed by atoms with Gasteiger partial charge in [0.1, 0.15) is 0 Å². The van der Waals surface area contributed by atoms with E-state index >= 15 is 0 Å². The van der Waals surface area contributed by atoms with E-state index in [4.69, 9.17) is 0 Å². The van der Waals surface area contributed by atoms with Gasteiger partial charge < -0.3 is 19.6 Å². The molecule has 31 heavy (non-hydrogen) atoms. The number of likely N-dealkylation sites (tertiary alicyclic amines) is 3. The van der Waals surface area contributed by atoms with Gasteiger partial charge in [0, 0.05) is 59.3 Å². The zero-order valence-electron chi connectivity index (χ0n) is 19.2. The predicted molar refractivity (Wildman–Crippen MR) is 118 cm³/mol. The number of aryl methyl sites for hydroxylation is 1. The van der Waals surface area contributed by atoms with Crippen LogP contribution in [0.1, 0.15) is 30.4 Å². The Labute approximate surface area is 185 Å². The van der Waals surface area contributed by atoms with Crippen LogP contribution >= 0.6 is 0 Å². The van der Waals surface area contributed by atoms with Gasteiger partial charge >= 0.3 is 6.03 Å². The van der Waals surface area contributed by atoms with E-state index in [2.05, 4.69) is 0 Å². The summed E-state index contributed by atoms with van der Waals surface area (Å²) in [7, 11) is 5.38. The molecule has 1 aromatic rings. The minimum atomic E-state index is -0.514. The number of amides is 4. The molecule has 3 aliphatic rings. The number of nitrogens with zero attached hydrogens (tertiary/aromatic N) is 4. The molecule has 0 radical (unpaired) electrons. The van der Waals surface area contributed by atoms with E-state index in [1.54, 1.807) is 19.0 Å². The molecule has 0 aliphatic carbocycles. The van der Waals surface area contributed by atoms with E-state index in [0.29, 0.717) is 32.6 Å². The molecule has 7 nitrogen and oxygen atoms in total. The zero-order valence-corrected chi connectivity index (χ0v) is 19.2. The summed E-state index contributed by atoms with van der Waals surface area (Å²) in [6.07, 6.45) is 2.73. The van der Waals surface area contributed by atoms with Crippen molar-refractivity contribution in [3.63, 3.8) is 0 Å². The number of urea groups is 1. The van der Waals surface area contributed by atoms with E-state index in [1.807, 2.05) is 52.9 Å². The normalized spacial score (nSPS) is 25.0. The van der Waals surface area contributed by atoms with Crippen LogP contribution in [0, 0.1) is 17.8 Å². The molecular weight excluding hydrogens is 392 g/mol. The standard InChI is InChI=1S/C24H34N4O3/c1-18-5-7-19(8-6-18)15-20(29)27-13-9-23(10-14-27)16-28(22(31)25(2)3)17-24(23)11-12-26(4)21(24)30/h5-8H,9-17H2,1-4H3/t24-/m0/s1. The van der Waals surface area contributed by atoms with Crippen molar-refractivity contribution in [2.24, 2.45) is 10.8 Å². The number of hydrogen-bond acceptors (Lipinski definition) is 3. The van der Waals surface area contributed by atoms with Crippen LogP contribution in [0.15, 0.2) is 24.3 Å². The monoisotopic (exact) mass is 426 g/mol. The van der Waals surface area contributed by atoms with Crippen molar-refractivity contribution in [2.45, 2.75) is 32.6 Å². The van der Waals surface area contributed by atoms with E-state index in [1.165, 1.54) is 5.56 Å². The molecule has 3 heterocycles. The summed E-state index contributed by atoms with van der Waals surface area (Å²) >= 11 is 0. The molecule has 3 aliphatic heterocycles. The first kappa shape index (κ1) is 21.7. The number of rotatable bonds is 2. The number of carbonyl (C=O) groups excluding carboxylic acids is 3. The summed E-state index contributed by atoms with van der Waals surface area (Å²) in [6.45, 7) is 5.16. The summed E-state index contributed by atoms with van der Waals surface area (Å²) in [5, 5.41) is 0. The van der Waals surface area contributed by atoms with Crippen LogP contribution in [0.2, 0.25) is 0 Å². The van der Waals surface area contributed by atoms with Gasteiger partial charge in [0.2, 0.25) is 11.8 Å². The molecule has 3 fully saturated rings. The summed E-state index contributed by atoms with van der Waals surface area (Å²) in [5.41, 5.74) is 1.45. The lowest BCUT2D eigenvalue weighted by atomic mass is 9.60. The van der Waals surface area contributed by atoms with Crippen LogP contribution in [0.4, 0.5) is 4.79 Å². The van der Waals surface area contributed by atoms with Crippen LogP contribution in [0.5, 0.6) is 0 Å². The third-order valence-corrected chi connectivity index (χ3v) is 7.80. The molecule has 1 aromatic carbocycles. The minimum Gasteiger partial charge on any atom is -0.345 e. The van der Waals surface area contributed by atoms with Gasteiger partial charge in [-0.25, -0.2) is 4.79 Å². The van der Waals surface area contributed by atoms with Crippen LogP contribution < -0.4 is 0 Å². The van der Waals surface area contributed by atoms with E-state index in [9.17, 15) is 14.4 Å². The van der Waals surface area contributed by atoms with Gasteiger partial charge in [-0.3, -0.25) is 9.59 Å². The van der Waals surface area contributed by atoms with E-state index in [0.717, 1.165) is 31.4 Å². The Balaban J connectivity index is 1.50. The maximum absolute atomic E-state index is 13.3.